The van der Waals surface area contributed by atoms with Crippen LogP contribution in [0.15, 0.2) is 36.0 Å². The van der Waals surface area contributed by atoms with Gasteiger partial charge in [0.15, 0.2) is 5.75 Å². The van der Waals surface area contributed by atoms with E-state index in [1.165, 1.54) is 29.5 Å². The normalized spacial score (nSPS) is 11.5. The fraction of sp³-hybridized carbons (Fsp3) is 0.100. The van der Waals surface area contributed by atoms with E-state index in [9.17, 15) is 15.2 Å². The van der Waals surface area contributed by atoms with E-state index in [1.54, 1.807) is 13.0 Å². The molecule has 0 atom stereocenters. The summed E-state index contributed by atoms with van der Waals surface area (Å²) in [5.41, 5.74) is 0.719. The van der Waals surface area contributed by atoms with Crippen molar-refractivity contribution in [2.45, 2.75) is 6.92 Å². The number of nitro benzene ring substituents is 1. The first-order valence-corrected chi connectivity index (χ1v) is 4.96. The lowest BCUT2D eigenvalue weighted by molar-refractivity contribution is -0.385. The number of aromatic hydroxyl groups is 1. The minimum Gasteiger partial charge on any atom is -0.502 e. The number of nitro groups is 1. The van der Waals surface area contributed by atoms with Crippen LogP contribution in [-0.4, -0.2) is 30.6 Å². The van der Waals surface area contributed by atoms with Crippen molar-refractivity contribution in [2.75, 3.05) is 0 Å². The molecule has 0 fully saturated rings. The lowest BCUT2D eigenvalue weighted by Gasteiger charge is -2.02. The Morgan fingerprint density at radius 3 is 2.72 bits per heavy atom. The predicted molar refractivity (Wildman–Crippen MR) is 62.4 cm³/mol. The Morgan fingerprint density at radius 1 is 1.44 bits per heavy atom. The molecule has 0 unspecified atom stereocenters. The van der Waals surface area contributed by atoms with Crippen molar-refractivity contribution in [3.8, 4) is 5.75 Å². The molecular formula is C10H9N5O3. The van der Waals surface area contributed by atoms with Crippen molar-refractivity contribution in [1.82, 2.24) is 14.9 Å². The van der Waals surface area contributed by atoms with Crippen molar-refractivity contribution in [3.05, 3.63) is 46.5 Å². The Labute approximate surface area is 101 Å². The van der Waals surface area contributed by atoms with Gasteiger partial charge in [0.2, 0.25) is 0 Å². The van der Waals surface area contributed by atoms with Crippen LogP contribution in [0.5, 0.6) is 5.75 Å². The summed E-state index contributed by atoms with van der Waals surface area (Å²) in [5, 5.41) is 31.3. The van der Waals surface area contributed by atoms with E-state index in [0.29, 0.717) is 11.3 Å². The second kappa shape index (κ2) is 4.62. The first-order chi connectivity index (χ1) is 8.58. The van der Waals surface area contributed by atoms with Gasteiger partial charge in [-0.2, -0.15) is 5.10 Å². The Balaban J connectivity index is 2.40. The molecule has 1 aromatic heterocycles. The maximum Gasteiger partial charge on any atom is 0.311 e. The third kappa shape index (κ3) is 2.32. The van der Waals surface area contributed by atoms with Crippen LogP contribution in [0.2, 0.25) is 0 Å². The molecule has 8 nitrogen and oxygen atoms in total. The highest BCUT2D eigenvalue weighted by atomic mass is 16.6. The molecule has 1 N–H and O–H groups in total. The molecule has 0 spiro atoms. The summed E-state index contributed by atoms with van der Waals surface area (Å²) in [5.74, 6) is -0.374. The maximum absolute atomic E-state index is 10.7. The minimum absolute atomic E-state index is 0.356. The van der Waals surface area contributed by atoms with E-state index in [4.69, 9.17) is 0 Å². The van der Waals surface area contributed by atoms with Crippen molar-refractivity contribution < 1.29 is 10.0 Å². The van der Waals surface area contributed by atoms with E-state index in [1.807, 2.05) is 0 Å². The average Bonchev–Trinajstić information content (AvgIpc) is 2.81. The number of hydrogen-bond acceptors (Lipinski definition) is 6. The molecule has 2 rings (SSSR count). The molecule has 1 aromatic carbocycles. The summed E-state index contributed by atoms with van der Waals surface area (Å²) in [7, 11) is 0. The monoisotopic (exact) mass is 247 g/mol. The van der Waals surface area contributed by atoms with Gasteiger partial charge in [0.1, 0.15) is 12.7 Å². The zero-order valence-corrected chi connectivity index (χ0v) is 9.39. The fourth-order valence-corrected chi connectivity index (χ4v) is 1.37. The van der Waals surface area contributed by atoms with Crippen molar-refractivity contribution in [2.24, 2.45) is 5.10 Å². The topological polar surface area (TPSA) is 106 Å². The molecule has 0 amide bonds. The molecule has 0 saturated carbocycles. The van der Waals surface area contributed by atoms with Crippen LogP contribution in [0.3, 0.4) is 0 Å². The van der Waals surface area contributed by atoms with Gasteiger partial charge >= 0.3 is 5.69 Å². The maximum atomic E-state index is 10.7. The van der Waals surface area contributed by atoms with Gasteiger partial charge < -0.3 is 5.11 Å². The molecule has 2 aromatic rings. The molecule has 0 aliphatic carbocycles. The highest BCUT2D eigenvalue weighted by molar-refractivity contribution is 5.99. The largest absolute Gasteiger partial charge is 0.502 e. The van der Waals surface area contributed by atoms with E-state index in [-0.39, 0.29) is 11.4 Å². The zero-order valence-electron chi connectivity index (χ0n) is 9.39. The van der Waals surface area contributed by atoms with Gasteiger partial charge in [-0.05, 0) is 19.1 Å². The lowest BCUT2D eigenvalue weighted by atomic mass is 10.1. The summed E-state index contributed by atoms with van der Waals surface area (Å²) in [4.78, 5) is 10.0. The summed E-state index contributed by atoms with van der Waals surface area (Å²) < 4.78 is 1.38. The van der Waals surface area contributed by atoms with Gasteiger partial charge in [-0.1, -0.05) is 0 Å². The van der Waals surface area contributed by atoms with Crippen LogP contribution < -0.4 is 0 Å². The number of phenolic OH excluding ortho intramolecular Hbond substituents is 1. The van der Waals surface area contributed by atoms with E-state index >= 15 is 0 Å². The van der Waals surface area contributed by atoms with Gasteiger partial charge in [0.25, 0.3) is 0 Å². The van der Waals surface area contributed by atoms with Gasteiger partial charge in [0, 0.05) is 11.6 Å². The van der Waals surface area contributed by atoms with Crippen LogP contribution in [0.25, 0.3) is 0 Å². The molecule has 8 heteroatoms. The minimum atomic E-state index is -0.648. The summed E-state index contributed by atoms with van der Waals surface area (Å²) in [6.45, 7) is 1.69. The third-order valence-electron chi connectivity index (χ3n) is 2.26. The molecule has 0 bridgehead atoms. The van der Waals surface area contributed by atoms with Crippen molar-refractivity contribution in [1.29, 1.82) is 0 Å². The molecule has 0 saturated heterocycles. The smallest absolute Gasteiger partial charge is 0.311 e. The predicted octanol–water partition coefficient (Wildman–Crippen LogP) is 1.16. The van der Waals surface area contributed by atoms with Gasteiger partial charge in [-0.3, -0.25) is 10.1 Å². The molecule has 0 radical (unpaired) electrons. The highest BCUT2D eigenvalue weighted by Crippen LogP contribution is 2.26. The van der Waals surface area contributed by atoms with Crippen LogP contribution in [0, 0.1) is 10.1 Å². The fourth-order valence-electron chi connectivity index (χ4n) is 1.37. The number of phenols is 1. The van der Waals surface area contributed by atoms with Crippen LogP contribution in [0.1, 0.15) is 12.5 Å². The van der Waals surface area contributed by atoms with Crippen LogP contribution in [-0.2, 0) is 0 Å². The number of aromatic nitrogens is 3. The Bertz CT molecular complexity index is 606. The van der Waals surface area contributed by atoms with Crippen molar-refractivity contribution in [3.63, 3.8) is 0 Å². The molecule has 1 heterocycles. The molecular weight excluding hydrogens is 238 g/mol. The van der Waals surface area contributed by atoms with Crippen LogP contribution >= 0.6 is 0 Å². The van der Waals surface area contributed by atoms with E-state index in [2.05, 4.69) is 15.3 Å². The summed E-state index contributed by atoms with van der Waals surface area (Å²) in [6.07, 6.45) is 2.80. The second-order valence-electron chi connectivity index (χ2n) is 3.49. The quantitative estimate of drug-likeness (QED) is 0.497. The average molecular weight is 247 g/mol. The number of hydrogen-bond donors (Lipinski definition) is 1. The highest BCUT2D eigenvalue weighted by Gasteiger charge is 2.14. The standard InChI is InChI=1S/C10H9N5O3/c1-7(13-14-5-11-12-6-14)8-2-3-10(16)9(4-8)15(17)18/h2-6,16H,1H3. The van der Waals surface area contributed by atoms with Gasteiger partial charge in [-0.15, -0.1) is 10.2 Å². The number of benzene rings is 1. The van der Waals surface area contributed by atoms with E-state index < -0.39 is 4.92 Å². The SMILES string of the molecule is CC(=Nn1cnnc1)c1ccc(O)c([N+](=O)[O-])c1. The van der Waals surface area contributed by atoms with Gasteiger partial charge in [-0.25, -0.2) is 4.68 Å². The third-order valence-corrected chi connectivity index (χ3v) is 2.26. The molecule has 92 valence electrons. The van der Waals surface area contributed by atoms with Crippen molar-refractivity contribution >= 4 is 11.4 Å². The Hall–Kier alpha value is -2.77. The Morgan fingerprint density at radius 2 is 2.11 bits per heavy atom. The first kappa shape index (κ1) is 11.7. The van der Waals surface area contributed by atoms with E-state index in [0.717, 1.165) is 0 Å². The number of rotatable bonds is 3. The molecule has 0 aliphatic rings. The lowest BCUT2D eigenvalue weighted by Crippen LogP contribution is -2.00. The summed E-state index contributed by atoms with van der Waals surface area (Å²) in [6, 6.07) is 4.07. The summed E-state index contributed by atoms with van der Waals surface area (Å²) >= 11 is 0. The first-order valence-electron chi connectivity index (χ1n) is 4.96. The zero-order chi connectivity index (χ0) is 13.1. The Kier molecular flexibility index (Phi) is 3.00. The van der Waals surface area contributed by atoms with Gasteiger partial charge in [0.05, 0.1) is 10.6 Å². The second-order valence-corrected chi connectivity index (χ2v) is 3.49. The van der Waals surface area contributed by atoms with Crippen LogP contribution in [0.4, 0.5) is 5.69 Å². The molecule has 18 heavy (non-hydrogen) atoms. The number of nitrogens with zero attached hydrogens (tertiary/aromatic N) is 5. The molecule has 0 aliphatic heterocycles.